The van der Waals surface area contributed by atoms with Gasteiger partial charge in [-0.2, -0.15) is 23.5 Å². The molecule has 0 bridgehead atoms. The third-order valence-corrected chi connectivity index (χ3v) is 5.76. The fourth-order valence-electron chi connectivity index (χ4n) is 4.02. The minimum Gasteiger partial charge on any atom is -0.367 e. The molecular weight excluding hydrogens is 466 g/mol. The molecule has 11 heteroatoms. The molecule has 0 unspecified atom stereocenters. The van der Waals surface area contributed by atoms with Crippen molar-refractivity contribution in [2.45, 2.75) is 13.1 Å². The highest BCUT2D eigenvalue weighted by Crippen LogP contribution is 2.33. The van der Waals surface area contributed by atoms with Gasteiger partial charge in [0.2, 0.25) is 5.43 Å². The third kappa shape index (κ3) is 4.59. The number of benzene rings is 2. The van der Waals surface area contributed by atoms with E-state index in [4.69, 9.17) is 0 Å². The first kappa shape index (κ1) is 23.9. The van der Waals surface area contributed by atoms with Crippen LogP contribution in [0.4, 0.5) is 23.2 Å². The van der Waals surface area contributed by atoms with Gasteiger partial charge in [0.15, 0.2) is 5.69 Å². The van der Waals surface area contributed by atoms with Crippen molar-refractivity contribution in [3.05, 3.63) is 87.1 Å². The molecule has 1 amide bonds. The van der Waals surface area contributed by atoms with Gasteiger partial charge in [0.05, 0.1) is 16.9 Å². The predicted molar refractivity (Wildman–Crippen MR) is 119 cm³/mol. The average molecular weight is 485 g/mol. The zero-order chi connectivity index (χ0) is 25.3. The molecule has 0 atom stereocenters. The Bertz CT molecular complexity index is 1390. The zero-order valence-corrected chi connectivity index (χ0v) is 18.5. The lowest BCUT2D eigenvalue weighted by atomic mass is 10.1. The Kier molecular flexibility index (Phi) is 6.30. The van der Waals surface area contributed by atoms with E-state index in [0.717, 1.165) is 16.8 Å². The number of carbonyl (C=O) groups is 1. The van der Waals surface area contributed by atoms with Crippen molar-refractivity contribution in [1.82, 2.24) is 14.7 Å². The Morgan fingerprint density at radius 1 is 1.03 bits per heavy atom. The number of nitriles is 1. The number of carbonyl (C=O) groups excluding carboxylic acids is 1. The fraction of sp³-hybridized carbons (Fsp3) is 0.250. The van der Waals surface area contributed by atoms with Crippen LogP contribution in [0.1, 0.15) is 27.3 Å². The van der Waals surface area contributed by atoms with Gasteiger partial charge in [0.25, 0.3) is 5.91 Å². The molecule has 0 spiro atoms. The molecule has 1 aliphatic rings. The van der Waals surface area contributed by atoms with Crippen LogP contribution in [-0.4, -0.2) is 46.8 Å². The van der Waals surface area contributed by atoms with Crippen LogP contribution in [0.15, 0.2) is 53.3 Å². The summed E-state index contributed by atoms with van der Waals surface area (Å²) in [6, 6.07) is 12.0. The molecule has 1 fully saturated rings. The molecule has 7 nitrogen and oxygen atoms in total. The van der Waals surface area contributed by atoms with Crippen LogP contribution in [0.25, 0.3) is 5.69 Å². The van der Waals surface area contributed by atoms with E-state index < -0.39 is 34.6 Å². The predicted octanol–water partition coefficient (Wildman–Crippen LogP) is 3.53. The second kappa shape index (κ2) is 9.21. The van der Waals surface area contributed by atoms with Crippen LogP contribution < -0.4 is 10.3 Å². The summed E-state index contributed by atoms with van der Waals surface area (Å²) >= 11 is 0. The Balaban J connectivity index is 1.61. The SMILES string of the molecule is Cc1cc(=O)c(C(=O)N2CCN(c3cccc(F)c3C#N)CC2)nn1-c1ccccc1C(F)(F)F. The van der Waals surface area contributed by atoms with Gasteiger partial charge < -0.3 is 9.80 Å². The monoisotopic (exact) mass is 485 g/mol. The van der Waals surface area contributed by atoms with Crippen LogP contribution in [0, 0.1) is 24.1 Å². The summed E-state index contributed by atoms with van der Waals surface area (Å²) in [6.45, 7) is 2.25. The zero-order valence-electron chi connectivity index (χ0n) is 18.5. The molecule has 4 rings (SSSR count). The van der Waals surface area contributed by atoms with E-state index in [9.17, 15) is 32.4 Å². The quantitative estimate of drug-likeness (QED) is 0.530. The van der Waals surface area contributed by atoms with Gasteiger partial charge in [0.1, 0.15) is 17.4 Å². The molecule has 2 aromatic carbocycles. The first-order chi connectivity index (χ1) is 16.6. The number of rotatable bonds is 3. The Hall–Kier alpha value is -4.20. The number of alkyl halides is 3. The summed E-state index contributed by atoms with van der Waals surface area (Å²) in [6.07, 6.45) is -4.66. The molecule has 1 aliphatic heterocycles. The van der Waals surface area contributed by atoms with E-state index in [-0.39, 0.29) is 43.1 Å². The molecule has 2 heterocycles. The summed E-state index contributed by atoms with van der Waals surface area (Å²) < 4.78 is 55.5. The van der Waals surface area contributed by atoms with Crippen LogP contribution in [0.2, 0.25) is 0 Å². The number of piperazine rings is 1. The van der Waals surface area contributed by atoms with E-state index in [1.807, 2.05) is 6.07 Å². The molecule has 0 radical (unpaired) electrons. The lowest BCUT2D eigenvalue weighted by molar-refractivity contribution is -0.137. The molecular formula is C24H19F4N5O2. The minimum atomic E-state index is -4.66. The highest BCUT2D eigenvalue weighted by Gasteiger charge is 2.34. The molecule has 0 aliphatic carbocycles. The first-order valence-electron chi connectivity index (χ1n) is 10.6. The highest BCUT2D eigenvalue weighted by atomic mass is 19.4. The number of nitrogens with zero attached hydrogens (tertiary/aromatic N) is 5. The molecule has 1 aromatic heterocycles. The minimum absolute atomic E-state index is 0.0984. The van der Waals surface area contributed by atoms with Crippen LogP contribution >= 0.6 is 0 Å². The summed E-state index contributed by atoms with van der Waals surface area (Å²) in [4.78, 5) is 28.8. The van der Waals surface area contributed by atoms with Gasteiger partial charge in [-0.05, 0) is 31.2 Å². The number of hydrogen-bond acceptors (Lipinski definition) is 5. The summed E-state index contributed by atoms with van der Waals surface area (Å²) in [7, 11) is 0. The number of aryl methyl sites for hydroxylation is 1. The standard InChI is InChI=1S/C24H19F4N5O2/c1-15-13-21(34)22(30-33(15)20-7-3-2-5-17(20)24(26,27)28)23(35)32-11-9-31(10-12-32)19-8-4-6-18(25)16(19)14-29/h2-8,13H,9-12H2,1H3. The van der Waals surface area contributed by atoms with Gasteiger partial charge in [-0.1, -0.05) is 18.2 Å². The van der Waals surface area contributed by atoms with Crippen LogP contribution in [0.5, 0.6) is 0 Å². The topological polar surface area (TPSA) is 82.2 Å². The smallest absolute Gasteiger partial charge is 0.367 e. The van der Waals surface area contributed by atoms with Gasteiger partial charge in [-0.3, -0.25) is 9.59 Å². The van der Waals surface area contributed by atoms with Gasteiger partial charge in [-0.25, -0.2) is 9.07 Å². The van der Waals surface area contributed by atoms with Crippen molar-refractivity contribution >= 4 is 11.6 Å². The summed E-state index contributed by atoms with van der Waals surface area (Å²) in [5, 5.41) is 13.3. The van der Waals surface area contributed by atoms with E-state index in [2.05, 4.69) is 5.10 Å². The Morgan fingerprint density at radius 3 is 2.34 bits per heavy atom. The van der Waals surface area contributed by atoms with Crippen molar-refractivity contribution in [3.8, 4) is 11.8 Å². The fourth-order valence-corrected chi connectivity index (χ4v) is 4.02. The normalized spacial score (nSPS) is 14.1. The number of hydrogen-bond donors (Lipinski definition) is 0. The molecule has 35 heavy (non-hydrogen) atoms. The van der Waals surface area contributed by atoms with Crippen LogP contribution in [-0.2, 0) is 6.18 Å². The summed E-state index contributed by atoms with van der Waals surface area (Å²) in [5.41, 5.74) is -2.00. The molecule has 180 valence electrons. The van der Waals surface area contributed by atoms with Crippen molar-refractivity contribution < 1.29 is 22.4 Å². The van der Waals surface area contributed by atoms with Crippen molar-refractivity contribution in [2.24, 2.45) is 0 Å². The summed E-state index contributed by atoms with van der Waals surface area (Å²) in [5.74, 6) is -1.36. The number of aromatic nitrogens is 2. The second-order valence-corrected chi connectivity index (χ2v) is 7.95. The number of halogens is 4. The van der Waals surface area contributed by atoms with Crippen molar-refractivity contribution in [2.75, 3.05) is 31.1 Å². The molecule has 0 N–H and O–H groups in total. The van der Waals surface area contributed by atoms with E-state index in [1.165, 1.54) is 42.2 Å². The van der Waals surface area contributed by atoms with Gasteiger partial charge in [-0.15, -0.1) is 0 Å². The average Bonchev–Trinajstić information content (AvgIpc) is 2.83. The second-order valence-electron chi connectivity index (χ2n) is 7.95. The van der Waals surface area contributed by atoms with Crippen molar-refractivity contribution in [1.29, 1.82) is 5.26 Å². The number of para-hydroxylation sites is 1. The maximum absolute atomic E-state index is 14.0. The number of anilines is 1. The largest absolute Gasteiger partial charge is 0.418 e. The molecule has 3 aromatic rings. The molecule has 1 saturated heterocycles. The first-order valence-corrected chi connectivity index (χ1v) is 10.6. The number of amides is 1. The molecule has 0 saturated carbocycles. The van der Waals surface area contributed by atoms with Gasteiger partial charge >= 0.3 is 6.18 Å². The van der Waals surface area contributed by atoms with E-state index >= 15 is 0 Å². The highest BCUT2D eigenvalue weighted by molar-refractivity contribution is 5.92. The van der Waals surface area contributed by atoms with Crippen LogP contribution in [0.3, 0.4) is 0 Å². The lowest BCUT2D eigenvalue weighted by Crippen LogP contribution is -2.50. The van der Waals surface area contributed by atoms with E-state index in [1.54, 1.807) is 11.0 Å². The maximum atomic E-state index is 14.0. The van der Waals surface area contributed by atoms with E-state index in [0.29, 0.717) is 5.69 Å². The Labute approximate surface area is 197 Å². The third-order valence-electron chi connectivity index (χ3n) is 5.76. The van der Waals surface area contributed by atoms with Gasteiger partial charge in [0, 0.05) is 37.9 Å². The maximum Gasteiger partial charge on any atom is 0.418 e. The van der Waals surface area contributed by atoms with Crippen molar-refractivity contribution in [3.63, 3.8) is 0 Å². The Morgan fingerprint density at radius 2 is 1.69 bits per heavy atom. The lowest BCUT2D eigenvalue weighted by Gasteiger charge is -2.36.